The number of fused-ring (bicyclic) bond motifs is 2. The smallest absolute Gasteiger partial charge is 0.302 e. The number of ether oxygens (including phenoxy) is 4. The molecule has 4 fully saturated rings. The number of esters is 1. The molecule has 2 heterocycles. The predicted molar refractivity (Wildman–Crippen MR) is 103 cm³/mol. The average molecular weight is 411 g/mol. The van der Waals surface area contributed by atoms with E-state index >= 15 is 0 Å². The highest BCUT2D eigenvalue weighted by Gasteiger charge is 2.69. The van der Waals surface area contributed by atoms with Gasteiger partial charge in [0.1, 0.15) is 12.2 Å². The van der Waals surface area contributed by atoms with E-state index in [1.807, 2.05) is 0 Å². The summed E-state index contributed by atoms with van der Waals surface area (Å²) in [7, 11) is 0. The minimum Gasteiger partial charge on any atom is -0.464 e. The van der Waals surface area contributed by atoms with Gasteiger partial charge in [0.25, 0.3) is 6.47 Å². The molecule has 7 heteroatoms. The van der Waals surface area contributed by atoms with Gasteiger partial charge in [0.2, 0.25) is 0 Å². The average Bonchev–Trinajstić information content (AvgIpc) is 3.20. The molecule has 0 amide bonds. The Labute approximate surface area is 172 Å². The van der Waals surface area contributed by atoms with E-state index in [0.717, 1.165) is 32.1 Å². The molecule has 9 atom stereocenters. The Hall–Kier alpha value is -1.18. The van der Waals surface area contributed by atoms with Crippen LogP contribution in [0.25, 0.3) is 0 Å². The van der Waals surface area contributed by atoms with Gasteiger partial charge in [0.15, 0.2) is 6.29 Å². The van der Waals surface area contributed by atoms with Crippen LogP contribution in [0.15, 0.2) is 0 Å². The summed E-state index contributed by atoms with van der Waals surface area (Å²) in [5.41, 5.74) is -1.04. The van der Waals surface area contributed by atoms with E-state index < -0.39 is 11.9 Å². The monoisotopic (exact) mass is 410 g/mol. The number of aliphatic hydroxyl groups is 1. The van der Waals surface area contributed by atoms with Crippen LogP contribution in [0, 0.1) is 23.2 Å². The standard InChI is InChI=1S/C22H34O7/c1-13-9-17(27-12-23)19-14(2)16(28-15(3)24)5-6-20(19,4)22(13)8-7-21(29-22)10-18(25)26-11-21/h12-14,16-19,25H,5-11H2,1-4H3/t13-,14+,16+,17+,18+,19-,20-,21+,22+/m0/s1. The van der Waals surface area contributed by atoms with Gasteiger partial charge in [-0.05, 0) is 38.0 Å². The second-order valence-electron chi connectivity index (χ2n) is 10.0. The topological polar surface area (TPSA) is 91.3 Å². The third-order valence-corrected chi connectivity index (χ3v) is 8.57. The van der Waals surface area contributed by atoms with Gasteiger partial charge in [0, 0.05) is 30.6 Å². The molecule has 2 aliphatic heterocycles. The van der Waals surface area contributed by atoms with E-state index in [4.69, 9.17) is 18.9 Å². The molecule has 0 unspecified atom stereocenters. The van der Waals surface area contributed by atoms with Crippen molar-refractivity contribution in [3.05, 3.63) is 0 Å². The number of rotatable bonds is 3. The molecule has 0 aromatic rings. The minimum atomic E-state index is -0.766. The van der Waals surface area contributed by atoms with Crippen LogP contribution in [0.5, 0.6) is 0 Å². The van der Waals surface area contributed by atoms with Crippen LogP contribution in [-0.2, 0) is 28.5 Å². The highest BCUT2D eigenvalue weighted by Crippen LogP contribution is 2.66. The Morgan fingerprint density at radius 3 is 2.59 bits per heavy atom. The molecule has 29 heavy (non-hydrogen) atoms. The maximum atomic E-state index is 11.6. The van der Waals surface area contributed by atoms with E-state index in [2.05, 4.69) is 20.8 Å². The van der Waals surface area contributed by atoms with E-state index in [0.29, 0.717) is 19.5 Å². The molecule has 4 aliphatic rings. The van der Waals surface area contributed by atoms with Crippen molar-refractivity contribution in [2.24, 2.45) is 23.2 Å². The van der Waals surface area contributed by atoms with Crippen molar-refractivity contribution in [2.45, 2.75) is 95.9 Å². The summed E-state index contributed by atoms with van der Waals surface area (Å²) in [4.78, 5) is 22.9. The molecule has 0 radical (unpaired) electrons. The van der Waals surface area contributed by atoms with Crippen LogP contribution in [0.3, 0.4) is 0 Å². The van der Waals surface area contributed by atoms with Crippen LogP contribution >= 0.6 is 0 Å². The Morgan fingerprint density at radius 2 is 1.97 bits per heavy atom. The molecule has 0 bridgehead atoms. The van der Waals surface area contributed by atoms with E-state index in [-0.39, 0.29) is 46.9 Å². The summed E-state index contributed by atoms with van der Waals surface area (Å²) >= 11 is 0. The van der Waals surface area contributed by atoms with Crippen LogP contribution in [0.1, 0.15) is 66.2 Å². The summed E-state index contributed by atoms with van der Waals surface area (Å²) in [5, 5.41) is 9.97. The molecule has 2 saturated heterocycles. The zero-order valence-corrected chi connectivity index (χ0v) is 17.9. The first-order valence-corrected chi connectivity index (χ1v) is 10.9. The molecule has 2 spiro atoms. The molecule has 2 saturated carbocycles. The van der Waals surface area contributed by atoms with E-state index in [1.54, 1.807) is 0 Å². The SMILES string of the molecule is CC(=O)O[C@@H]1CC[C@@]2(C)[C@@H]([C@@H]1C)[C@H](OC=O)C[C@H](C)[C@]21CC[C@@]2(CO[C@@H](O)C2)O1. The maximum absolute atomic E-state index is 11.6. The lowest BCUT2D eigenvalue weighted by molar-refractivity contribution is -0.269. The maximum Gasteiger partial charge on any atom is 0.302 e. The number of hydrogen-bond acceptors (Lipinski definition) is 7. The molecule has 1 N–H and O–H groups in total. The lowest BCUT2D eigenvalue weighted by Crippen LogP contribution is -2.67. The number of carbonyl (C=O) groups excluding carboxylic acids is 2. The van der Waals surface area contributed by atoms with Crippen molar-refractivity contribution in [1.82, 2.24) is 0 Å². The van der Waals surface area contributed by atoms with Crippen LogP contribution in [0.4, 0.5) is 0 Å². The van der Waals surface area contributed by atoms with E-state index in [1.165, 1.54) is 6.92 Å². The first-order valence-electron chi connectivity index (χ1n) is 10.9. The van der Waals surface area contributed by atoms with Crippen molar-refractivity contribution in [3.8, 4) is 0 Å². The lowest BCUT2D eigenvalue weighted by atomic mass is 9.46. The van der Waals surface area contributed by atoms with Crippen molar-refractivity contribution < 1.29 is 33.6 Å². The number of hydrogen-bond donors (Lipinski definition) is 1. The predicted octanol–water partition coefficient (Wildman–Crippen LogP) is 2.58. The van der Waals surface area contributed by atoms with Crippen LogP contribution in [-0.4, -0.2) is 53.9 Å². The Balaban J connectivity index is 1.70. The normalized spacial score (nSPS) is 51.8. The molecule has 0 aromatic heterocycles. The largest absolute Gasteiger partial charge is 0.464 e. The van der Waals surface area contributed by atoms with Crippen molar-refractivity contribution in [1.29, 1.82) is 0 Å². The molecule has 2 aliphatic carbocycles. The third-order valence-electron chi connectivity index (χ3n) is 8.57. The Bertz CT molecular complexity index is 668. The zero-order chi connectivity index (χ0) is 21.0. The first-order chi connectivity index (χ1) is 13.7. The summed E-state index contributed by atoms with van der Waals surface area (Å²) < 4.78 is 23.7. The third kappa shape index (κ3) is 3.12. The van der Waals surface area contributed by atoms with Crippen LogP contribution < -0.4 is 0 Å². The molecule has 4 rings (SSSR count). The summed E-state index contributed by atoms with van der Waals surface area (Å²) in [6.45, 7) is 8.98. The summed E-state index contributed by atoms with van der Waals surface area (Å²) in [5.74, 6) is 0.00981. The fourth-order valence-electron chi connectivity index (χ4n) is 7.35. The fraction of sp³-hybridized carbons (Fsp3) is 0.909. The second kappa shape index (κ2) is 7.20. The molecule has 7 nitrogen and oxygen atoms in total. The van der Waals surface area contributed by atoms with Gasteiger partial charge in [-0.1, -0.05) is 20.8 Å². The lowest BCUT2D eigenvalue weighted by Gasteiger charge is -2.63. The molecular formula is C22H34O7. The summed E-state index contributed by atoms with van der Waals surface area (Å²) in [6.07, 6.45) is 3.41. The highest BCUT2D eigenvalue weighted by atomic mass is 16.6. The van der Waals surface area contributed by atoms with Crippen molar-refractivity contribution in [3.63, 3.8) is 0 Å². The Kier molecular flexibility index (Phi) is 5.23. The van der Waals surface area contributed by atoms with Gasteiger partial charge in [-0.15, -0.1) is 0 Å². The van der Waals surface area contributed by atoms with Gasteiger partial charge < -0.3 is 24.1 Å². The summed E-state index contributed by atoms with van der Waals surface area (Å²) in [6, 6.07) is 0. The number of aliphatic hydroxyl groups excluding tert-OH is 1. The van der Waals surface area contributed by atoms with Crippen LogP contribution in [0.2, 0.25) is 0 Å². The molecular weight excluding hydrogens is 376 g/mol. The Morgan fingerprint density at radius 1 is 1.21 bits per heavy atom. The highest BCUT2D eigenvalue weighted by molar-refractivity contribution is 5.66. The number of carbonyl (C=O) groups is 2. The van der Waals surface area contributed by atoms with Gasteiger partial charge in [-0.3, -0.25) is 9.59 Å². The molecule has 0 aromatic carbocycles. The quantitative estimate of drug-likeness (QED) is 0.565. The van der Waals surface area contributed by atoms with Gasteiger partial charge in [-0.2, -0.15) is 0 Å². The van der Waals surface area contributed by atoms with Crippen molar-refractivity contribution >= 4 is 12.4 Å². The van der Waals surface area contributed by atoms with Crippen molar-refractivity contribution in [2.75, 3.05) is 6.61 Å². The van der Waals surface area contributed by atoms with Gasteiger partial charge in [0.05, 0.1) is 17.8 Å². The minimum absolute atomic E-state index is 0.0318. The molecule has 164 valence electrons. The second-order valence-corrected chi connectivity index (χ2v) is 10.0. The zero-order valence-electron chi connectivity index (χ0n) is 17.9. The fourth-order valence-corrected chi connectivity index (χ4v) is 7.35. The van der Waals surface area contributed by atoms with Gasteiger partial charge >= 0.3 is 5.97 Å². The first kappa shape index (κ1) is 21.1. The van der Waals surface area contributed by atoms with E-state index in [9.17, 15) is 14.7 Å². The van der Waals surface area contributed by atoms with Gasteiger partial charge in [-0.25, -0.2) is 0 Å².